The lowest BCUT2D eigenvalue weighted by Gasteiger charge is -1.97. The first kappa shape index (κ1) is 11.2. The van der Waals surface area contributed by atoms with Crippen LogP contribution in [0.2, 0.25) is 5.15 Å². The van der Waals surface area contributed by atoms with Crippen molar-refractivity contribution in [2.75, 3.05) is 5.33 Å². The van der Waals surface area contributed by atoms with Crippen LogP contribution in [0.3, 0.4) is 0 Å². The highest BCUT2D eigenvalue weighted by atomic mass is 79.9. The second kappa shape index (κ2) is 5.78. The van der Waals surface area contributed by atoms with Gasteiger partial charge in [-0.25, -0.2) is 4.98 Å². The van der Waals surface area contributed by atoms with Crippen molar-refractivity contribution < 1.29 is 0 Å². The Bertz CT molecular complexity index is 312. The molecule has 0 aliphatic carbocycles. The highest BCUT2D eigenvalue weighted by Crippen LogP contribution is 2.19. The molecule has 0 spiro atoms. The molecule has 1 aromatic rings. The average Bonchev–Trinajstić information content (AvgIpc) is 2.11. The molecule has 0 aliphatic rings. The van der Waals surface area contributed by atoms with Crippen molar-refractivity contribution in [3.8, 4) is 0 Å². The summed E-state index contributed by atoms with van der Waals surface area (Å²) in [6.45, 7) is 0. The largest absolute Gasteiger partial charge is 0.243 e. The van der Waals surface area contributed by atoms with Crippen LogP contribution in [0.1, 0.15) is 12.0 Å². The monoisotopic (exact) mass is 323 g/mol. The molecular weight excluding hydrogens is 317 g/mol. The molecule has 0 saturated carbocycles. The fraction of sp³-hybridized carbons (Fsp3) is 0.222. The molecule has 0 aliphatic heterocycles. The summed E-state index contributed by atoms with van der Waals surface area (Å²) in [5.41, 5.74) is 0.942. The number of nitrogens with zero attached hydrogens (tertiary/aromatic N) is 1. The molecular formula is C9H8Br2ClN. The molecule has 0 aromatic carbocycles. The third-order valence-corrected chi connectivity index (χ3v) is 2.61. The first-order valence-electron chi connectivity index (χ1n) is 3.77. The zero-order chi connectivity index (χ0) is 9.68. The van der Waals surface area contributed by atoms with E-state index in [1.807, 2.05) is 12.1 Å². The maximum Gasteiger partial charge on any atom is 0.136 e. The van der Waals surface area contributed by atoms with Crippen LogP contribution in [0.25, 0.3) is 6.08 Å². The van der Waals surface area contributed by atoms with Gasteiger partial charge in [0.15, 0.2) is 0 Å². The van der Waals surface area contributed by atoms with Crippen LogP contribution in [0.5, 0.6) is 0 Å². The summed E-state index contributed by atoms with van der Waals surface area (Å²) in [6.07, 6.45) is 6.71. The van der Waals surface area contributed by atoms with Gasteiger partial charge in [0.2, 0.25) is 0 Å². The second-order valence-electron chi connectivity index (χ2n) is 2.41. The Labute approximate surface area is 99.5 Å². The van der Waals surface area contributed by atoms with Gasteiger partial charge in [-0.3, -0.25) is 0 Å². The molecule has 1 aromatic heterocycles. The third kappa shape index (κ3) is 3.79. The van der Waals surface area contributed by atoms with Gasteiger partial charge in [-0.05, 0) is 28.4 Å². The van der Waals surface area contributed by atoms with Crippen molar-refractivity contribution in [1.29, 1.82) is 0 Å². The van der Waals surface area contributed by atoms with Crippen molar-refractivity contribution >= 4 is 49.5 Å². The Hall–Kier alpha value is 0.140. The third-order valence-electron chi connectivity index (χ3n) is 1.41. The highest BCUT2D eigenvalue weighted by molar-refractivity contribution is 9.10. The molecule has 0 amide bonds. The SMILES string of the molecule is Clc1ncc(Br)cc1C=CCCBr. The van der Waals surface area contributed by atoms with Crippen molar-refractivity contribution in [2.45, 2.75) is 6.42 Å². The van der Waals surface area contributed by atoms with Crippen molar-refractivity contribution in [3.05, 3.63) is 33.5 Å². The highest BCUT2D eigenvalue weighted by Gasteiger charge is 1.97. The quantitative estimate of drug-likeness (QED) is 0.596. The van der Waals surface area contributed by atoms with Gasteiger partial charge in [-0.2, -0.15) is 0 Å². The molecule has 0 saturated heterocycles. The minimum Gasteiger partial charge on any atom is -0.243 e. The maximum atomic E-state index is 5.88. The van der Waals surface area contributed by atoms with E-state index >= 15 is 0 Å². The molecule has 1 nitrogen and oxygen atoms in total. The molecule has 0 N–H and O–H groups in total. The van der Waals surface area contributed by atoms with Crippen LogP contribution in [0.4, 0.5) is 0 Å². The van der Waals surface area contributed by atoms with E-state index in [1.165, 1.54) is 0 Å². The van der Waals surface area contributed by atoms with E-state index in [9.17, 15) is 0 Å². The summed E-state index contributed by atoms with van der Waals surface area (Å²) < 4.78 is 0.940. The van der Waals surface area contributed by atoms with Crippen LogP contribution in [-0.2, 0) is 0 Å². The topological polar surface area (TPSA) is 12.9 Å². The normalized spacial score (nSPS) is 11.0. The van der Waals surface area contributed by atoms with Gasteiger partial charge >= 0.3 is 0 Å². The van der Waals surface area contributed by atoms with Gasteiger partial charge < -0.3 is 0 Å². The van der Waals surface area contributed by atoms with Crippen LogP contribution in [-0.4, -0.2) is 10.3 Å². The van der Waals surface area contributed by atoms with E-state index in [4.69, 9.17) is 11.6 Å². The predicted octanol–water partition coefficient (Wildman–Crippen LogP) is 4.30. The van der Waals surface area contributed by atoms with E-state index in [0.717, 1.165) is 21.8 Å². The molecule has 13 heavy (non-hydrogen) atoms. The minimum atomic E-state index is 0.536. The van der Waals surface area contributed by atoms with Gasteiger partial charge in [0.25, 0.3) is 0 Å². The Morgan fingerprint density at radius 2 is 2.31 bits per heavy atom. The van der Waals surface area contributed by atoms with Crippen molar-refractivity contribution in [1.82, 2.24) is 4.98 Å². The number of allylic oxidation sites excluding steroid dienone is 1. The number of hydrogen-bond acceptors (Lipinski definition) is 1. The smallest absolute Gasteiger partial charge is 0.136 e. The van der Waals surface area contributed by atoms with Crippen LogP contribution in [0, 0.1) is 0 Å². The fourth-order valence-electron chi connectivity index (χ4n) is 0.828. The van der Waals surface area contributed by atoms with Gasteiger partial charge in [0.05, 0.1) is 0 Å². The summed E-state index contributed by atoms with van der Waals surface area (Å²) in [4.78, 5) is 4.01. The lowest BCUT2D eigenvalue weighted by atomic mass is 10.2. The van der Waals surface area contributed by atoms with E-state index < -0.39 is 0 Å². The van der Waals surface area contributed by atoms with E-state index in [2.05, 4.69) is 42.9 Å². The lowest BCUT2D eigenvalue weighted by molar-refractivity contribution is 1.26. The number of hydrogen-bond donors (Lipinski definition) is 0. The van der Waals surface area contributed by atoms with E-state index in [-0.39, 0.29) is 0 Å². The van der Waals surface area contributed by atoms with Gasteiger partial charge in [0, 0.05) is 21.6 Å². The molecule has 0 radical (unpaired) electrons. The average molecular weight is 325 g/mol. The predicted molar refractivity (Wildman–Crippen MR) is 64.4 cm³/mol. The first-order chi connectivity index (χ1) is 6.24. The molecule has 1 rings (SSSR count). The number of halogens is 3. The van der Waals surface area contributed by atoms with Crippen LogP contribution >= 0.6 is 43.5 Å². The Morgan fingerprint density at radius 1 is 1.54 bits per heavy atom. The molecule has 70 valence electrons. The molecule has 0 bridgehead atoms. The molecule has 4 heteroatoms. The van der Waals surface area contributed by atoms with E-state index in [1.54, 1.807) is 6.20 Å². The summed E-state index contributed by atoms with van der Waals surface area (Å²) in [5, 5.41) is 1.50. The molecule has 0 atom stereocenters. The number of rotatable bonds is 3. The summed E-state index contributed by atoms with van der Waals surface area (Å²) in [5.74, 6) is 0. The zero-order valence-electron chi connectivity index (χ0n) is 6.80. The van der Waals surface area contributed by atoms with Gasteiger partial charge in [0.1, 0.15) is 5.15 Å². The zero-order valence-corrected chi connectivity index (χ0v) is 10.7. The number of alkyl halides is 1. The second-order valence-corrected chi connectivity index (χ2v) is 4.48. The fourth-order valence-corrected chi connectivity index (χ4v) is 1.61. The summed E-state index contributed by atoms with van der Waals surface area (Å²) >= 11 is 12.6. The van der Waals surface area contributed by atoms with Crippen LogP contribution in [0.15, 0.2) is 22.8 Å². The summed E-state index contributed by atoms with van der Waals surface area (Å²) in [6, 6.07) is 1.94. The maximum absolute atomic E-state index is 5.88. The van der Waals surface area contributed by atoms with E-state index in [0.29, 0.717) is 5.15 Å². The van der Waals surface area contributed by atoms with Crippen molar-refractivity contribution in [2.24, 2.45) is 0 Å². The van der Waals surface area contributed by atoms with Gasteiger partial charge in [-0.1, -0.05) is 39.7 Å². The van der Waals surface area contributed by atoms with Gasteiger partial charge in [-0.15, -0.1) is 0 Å². The molecule has 1 heterocycles. The number of pyridine rings is 1. The molecule has 0 fully saturated rings. The summed E-state index contributed by atoms with van der Waals surface area (Å²) in [7, 11) is 0. The number of aromatic nitrogens is 1. The Kier molecular flexibility index (Phi) is 4.99. The lowest BCUT2D eigenvalue weighted by Crippen LogP contribution is -1.80. The minimum absolute atomic E-state index is 0.536. The Morgan fingerprint density at radius 3 is 3.00 bits per heavy atom. The van der Waals surface area contributed by atoms with Crippen molar-refractivity contribution in [3.63, 3.8) is 0 Å². The standard InChI is InChI=1S/C9H8Br2ClN/c10-4-2-1-3-7-5-8(11)6-13-9(7)12/h1,3,5-6H,2,4H2. The molecule has 0 unspecified atom stereocenters. The first-order valence-corrected chi connectivity index (χ1v) is 6.07. The Balaban J connectivity index is 2.81. The van der Waals surface area contributed by atoms with Crippen LogP contribution < -0.4 is 0 Å².